The highest BCUT2D eigenvalue weighted by atomic mass is 16.1. The van der Waals surface area contributed by atoms with Crippen molar-refractivity contribution in [3.8, 4) is 5.95 Å². The molecule has 150 valence electrons. The molecular formula is C25H24N4O. The Bertz CT molecular complexity index is 1210. The van der Waals surface area contributed by atoms with Crippen LogP contribution in [0, 0.1) is 6.92 Å². The molecule has 1 aliphatic rings. The molecule has 0 bridgehead atoms. The van der Waals surface area contributed by atoms with Crippen molar-refractivity contribution in [2.75, 3.05) is 6.54 Å². The molecule has 4 aromatic rings. The molecule has 0 aliphatic heterocycles. The number of rotatable bonds is 4. The molecule has 0 radical (unpaired) electrons. The van der Waals surface area contributed by atoms with Crippen molar-refractivity contribution >= 4 is 16.8 Å². The first-order chi connectivity index (χ1) is 14.7. The molecular weight excluding hydrogens is 372 g/mol. The summed E-state index contributed by atoms with van der Waals surface area (Å²) in [5, 5.41) is 4.15. The van der Waals surface area contributed by atoms with Crippen molar-refractivity contribution < 1.29 is 4.79 Å². The van der Waals surface area contributed by atoms with Crippen LogP contribution in [0.5, 0.6) is 0 Å². The third kappa shape index (κ3) is 3.26. The smallest absolute Gasteiger partial charge is 0.253 e. The molecule has 1 unspecified atom stereocenters. The lowest BCUT2D eigenvalue weighted by atomic mass is 9.83. The van der Waals surface area contributed by atoms with Gasteiger partial charge in [0.05, 0.1) is 11.1 Å². The van der Waals surface area contributed by atoms with Crippen LogP contribution < -0.4 is 5.32 Å². The van der Waals surface area contributed by atoms with Gasteiger partial charge in [0.15, 0.2) is 0 Å². The number of hydrogen-bond acceptors (Lipinski definition) is 3. The summed E-state index contributed by atoms with van der Waals surface area (Å²) in [5.74, 6) is 0.881. The lowest BCUT2D eigenvalue weighted by molar-refractivity contribution is 0.0952. The molecule has 2 aromatic heterocycles. The molecule has 5 heteroatoms. The first-order valence-corrected chi connectivity index (χ1v) is 10.5. The molecule has 1 atom stereocenters. The summed E-state index contributed by atoms with van der Waals surface area (Å²) < 4.78 is 1.90. The minimum absolute atomic E-state index is 0.0490. The highest BCUT2D eigenvalue weighted by Gasteiger charge is 2.22. The van der Waals surface area contributed by atoms with Crippen LogP contribution in [-0.2, 0) is 6.42 Å². The van der Waals surface area contributed by atoms with Crippen molar-refractivity contribution in [2.24, 2.45) is 0 Å². The lowest BCUT2D eigenvalue weighted by Crippen LogP contribution is -2.30. The van der Waals surface area contributed by atoms with Gasteiger partial charge < -0.3 is 5.32 Å². The van der Waals surface area contributed by atoms with Crippen LogP contribution in [0.3, 0.4) is 0 Å². The Kier molecular flexibility index (Phi) is 4.79. The number of aromatic nitrogens is 3. The SMILES string of the molecule is Cc1cccc2c1c(C(=O)NCC1CCCc3ccccc31)cn2-c1ncccn1. The van der Waals surface area contributed by atoms with E-state index in [1.165, 1.54) is 17.5 Å². The first kappa shape index (κ1) is 18.6. The summed E-state index contributed by atoms with van der Waals surface area (Å²) in [6.07, 6.45) is 8.69. The van der Waals surface area contributed by atoms with Crippen LogP contribution >= 0.6 is 0 Å². The Balaban J connectivity index is 1.46. The minimum Gasteiger partial charge on any atom is -0.351 e. The van der Waals surface area contributed by atoms with Crippen molar-refractivity contribution in [3.05, 3.63) is 89.4 Å². The summed E-state index contributed by atoms with van der Waals surface area (Å²) in [4.78, 5) is 22.0. The van der Waals surface area contributed by atoms with Gasteiger partial charge in [-0.2, -0.15) is 0 Å². The van der Waals surface area contributed by atoms with E-state index in [4.69, 9.17) is 0 Å². The molecule has 1 N–H and O–H groups in total. The number of amides is 1. The van der Waals surface area contributed by atoms with E-state index in [-0.39, 0.29) is 5.91 Å². The van der Waals surface area contributed by atoms with Crippen molar-refractivity contribution in [1.29, 1.82) is 0 Å². The standard InChI is InChI=1S/C25H24N4O/c1-17-7-4-12-22-23(17)21(16-29(22)25-26-13-6-14-27-25)24(30)28-15-19-10-5-9-18-8-2-3-11-20(18)19/h2-4,6-8,11-14,16,19H,5,9-10,15H2,1H3,(H,28,30). The Labute approximate surface area is 175 Å². The fourth-order valence-electron chi connectivity index (χ4n) is 4.60. The van der Waals surface area contributed by atoms with Gasteiger partial charge in [0.2, 0.25) is 5.95 Å². The second-order valence-corrected chi connectivity index (χ2v) is 7.93. The average Bonchev–Trinajstić information content (AvgIpc) is 3.19. The fourth-order valence-corrected chi connectivity index (χ4v) is 4.60. The topological polar surface area (TPSA) is 59.8 Å². The van der Waals surface area contributed by atoms with Crippen LogP contribution in [0.4, 0.5) is 0 Å². The molecule has 1 amide bonds. The van der Waals surface area contributed by atoms with Gasteiger partial charge in [0, 0.05) is 36.4 Å². The Morgan fingerprint density at radius 2 is 1.93 bits per heavy atom. The van der Waals surface area contributed by atoms with Crippen LogP contribution in [0.2, 0.25) is 0 Å². The Hall–Kier alpha value is -3.47. The van der Waals surface area contributed by atoms with Crippen LogP contribution in [0.15, 0.2) is 67.1 Å². The first-order valence-electron chi connectivity index (χ1n) is 10.5. The Morgan fingerprint density at radius 3 is 2.80 bits per heavy atom. The second-order valence-electron chi connectivity index (χ2n) is 7.93. The molecule has 30 heavy (non-hydrogen) atoms. The van der Waals surface area contributed by atoms with E-state index >= 15 is 0 Å². The van der Waals surface area contributed by atoms with E-state index in [0.29, 0.717) is 24.0 Å². The molecule has 5 rings (SSSR count). The summed E-state index contributed by atoms with van der Waals surface area (Å²) in [6.45, 7) is 2.68. The zero-order chi connectivity index (χ0) is 20.5. The predicted octanol–water partition coefficient (Wildman–Crippen LogP) is 4.58. The molecule has 0 saturated heterocycles. The molecule has 2 aromatic carbocycles. The highest BCUT2D eigenvalue weighted by molar-refractivity contribution is 6.08. The largest absolute Gasteiger partial charge is 0.351 e. The highest BCUT2D eigenvalue weighted by Crippen LogP contribution is 2.31. The van der Waals surface area contributed by atoms with Gasteiger partial charge >= 0.3 is 0 Å². The summed E-state index contributed by atoms with van der Waals surface area (Å²) >= 11 is 0. The normalized spacial score (nSPS) is 15.7. The zero-order valence-corrected chi connectivity index (χ0v) is 17.0. The molecule has 1 aliphatic carbocycles. The van der Waals surface area contributed by atoms with E-state index in [0.717, 1.165) is 29.3 Å². The van der Waals surface area contributed by atoms with Crippen molar-refractivity contribution in [1.82, 2.24) is 19.9 Å². The zero-order valence-electron chi connectivity index (χ0n) is 17.0. The van der Waals surface area contributed by atoms with Crippen molar-refractivity contribution in [3.63, 3.8) is 0 Å². The van der Waals surface area contributed by atoms with Gasteiger partial charge in [-0.1, -0.05) is 36.4 Å². The van der Waals surface area contributed by atoms with E-state index in [9.17, 15) is 4.79 Å². The van der Waals surface area contributed by atoms with Gasteiger partial charge in [0.1, 0.15) is 0 Å². The second kappa shape index (κ2) is 7.75. The van der Waals surface area contributed by atoms with Crippen molar-refractivity contribution in [2.45, 2.75) is 32.1 Å². The van der Waals surface area contributed by atoms with Gasteiger partial charge in [-0.25, -0.2) is 9.97 Å². The average molecular weight is 396 g/mol. The lowest BCUT2D eigenvalue weighted by Gasteiger charge is -2.25. The quantitative estimate of drug-likeness (QED) is 0.549. The molecule has 5 nitrogen and oxygen atoms in total. The van der Waals surface area contributed by atoms with E-state index in [1.54, 1.807) is 18.5 Å². The maximum absolute atomic E-state index is 13.2. The van der Waals surface area contributed by atoms with E-state index in [2.05, 4.69) is 39.6 Å². The van der Waals surface area contributed by atoms with E-state index in [1.807, 2.05) is 35.9 Å². The van der Waals surface area contributed by atoms with Crippen LogP contribution in [-0.4, -0.2) is 27.0 Å². The van der Waals surface area contributed by atoms with Crippen LogP contribution in [0.1, 0.15) is 45.8 Å². The third-order valence-electron chi connectivity index (χ3n) is 6.05. The number of carbonyl (C=O) groups is 1. The summed E-state index contributed by atoms with van der Waals surface area (Å²) in [7, 11) is 0. The number of hydrogen-bond donors (Lipinski definition) is 1. The number of fused-ring (bicyclic) bond motifs is 2. The van der Waals surface area contributed by atoms with Crippen LogP contribution in [0.25, 0.3) is 16.9 Å². The minimum atomic E-state index is -0.0490. The van der Waals surface area contributed by atoms with E-state index < -0.39 is 0 Å². The molecule has 2 heterocycles. The monoisotopic (exact) mass is 396 g/mol. The summed E-state index contributed by atoms with van der Waals surface area (Å²) in [5.41, 5.74) is 5.46. The predicted molar refractivity (Wildman–Crippen MR) is 118 cm³/mol. The van der Waals surface area contributed by atoms with Gasteiger partial charge in [-0.15, -0.1) is 0 Å². The maximum atomic E-state index is 13.2. The summed E-state index contributed by atoms with van der Waals surface area (Å²) in [6, 6.07) is 16.4. The number of carbonyl (C=O) groups excluding carboxylic acids is 1. The number of nitrogens with one attached hydrogen (secondary N) is 1. The maximum Gasteiger partial charge on any atom is 0.253 e. The number of nitrogens with zero attached hydrogens (tertiary/aromatic N) is 3. The molecule has 0 fully saturated rings. The van der Waals surface area contributed by atoms with Gasteiger partial charge in [0.25, 0.3) is 5.91 Å². The number of aryl methyl sites for hydroxylation is 2. The molecule has 0 spiro atoms. The molecule has 0 saturated carbocycles. The fraction of sp³-hybridized carbons (Fsp3) is 0.240. The number of benzene rings is 2. The van der Waals surface area contributed by atoms with Gasteiger partial charge in [-0.05, 0) is 55.0 Å². The third-order valence-corrected chi connectivity index (χ3v) is 6.05. The Morgan fingerprint density at radius 1 is 1.10 bits per heavy atom. The van der Waals surface area contributed by atoms with Gasteiger partial charge in [-0.3, -0.25) is 9.36 Å².